The molecule has 6 nitrogen and oxygen atoms in total. The summed E-state index contributed by atoms with van der Waals surface area (Å²) >= 11 is 0. The maximum absolute atomic E-state index is 12.4. The first-order valence-electron chi connectivity index (χ1n) is 8.17. The van der Waals surface area contributed by atoms with Crippen molar-refractivity contribution < 1.29 is 9.72 Å². The van der Waals surface area contributed by atoms with E-state index < -0.39 is 4.92 Å². The molecule has 1 unspecified atom stereocenters. The molecule has 2 aromatic carbocycles. The third-order valence-electron chi connectivity index (χ3n) is 4.43. The maximum Gasteiger partial charge on any atom is 0.293 e. The van der Waals surface area contributed by atoms with Crippen molar-refractivity contribution in [3.8, 4) is 0 Å². The van der Waals surface area contributed by atoms with Crippen molar-refractivity contribution in [1.29, 1.82) is 0 Å². The summed E-state index contributed by atoms with van der Waals surface area (Å²) in [5.74, 6) is 0.140. The fourth-order valence-corrected chi connectivity index (χ4v) is 2.74. The summed E-state index contributed by atoms with van der Waals surface area (Å²) in [5, 5.41) is 14.5. The Balaban J connectivity index is 1.83. The van der Waals surface area contributed by atoms with E-state index in [1.54, 1.807) is 18.2 Å². The number of rotatable bonds is 5. The number of para-hydroxylation sites is 1. The SMILES string of the molecule is CCC(C)c1ccc(NC(=O)c2cc3cccc([N+](=O)[O-])c3[nH]2)cc1. The fraction of sp³-hybridized carbons (Fsp3) is 0.211. The molecule has 1 aromatic heterocycles. The molecule has 0 aliphatic heterocycles. The van der Waals surface area contributed by atoms with Gasteiger partial charge in [0.15, 0.2) is 0 Å². The Labute approximate surface area is 145 Å². The molecule has 1 amide bonds. The number of anilines is 1. The summed E-state index contributed by atoms with van der Waals surface area (Å²) in [7, 11) is 0. The molecule has 1 atom stereocenters. The molecule has 0 fully saturated rings. The van der Waals surface area contributed by atoms with Gasteiger partial charge in [0.05, 0.1) is 4.92 Å². The molecule has 0 saturated carbocycles. The topological polar surface area (TPSA) is 88.0 Å². The zero-order valence-corrected chi connectivity index (χ0v) is 14.1. The van der Waals surface area contributed by atoms with Gasteiger partial charge in [-0.05, 0) is 36.1 Å². The highest BCUT2D eigenvalue weighted by Crippen LogP contribution is 2.26. The number of nitro benzene ring substituents is 1. The van der Waals surface area contributed by atoms with Crippen LogP contribution < -0.4 is 5.32 Å². The highest BCUT2D eigenvalue weighted by atomic mass is 16.6. The van der Waals surface area contributed by atoms with E-state index in [2.05, 4.69) is 24.1 Å². The van der Waals surface area contributed by atoms with Crippen LogP contribution in [0.3, 0.4) is 0 Å². The number of aromatic nitrogens is 1. The van der Waals surface area contributed by atoms with E-state index in [-0.39, 0.29) is 17.3 Å². The normalized spacial score (nSPS) is 12.1. The highest BCUT2D eigenvalue weighted by Gasteiger charge is 2.17. The molecule has 1 heterocycles. The first-order valence-corrected chi connectivity index (χ1v) is 8.17. The van der Waals surface area contributed by atoms with Gasteiger partial charge in [-0.25, -0.2) is 0 Å². The summed E-state index contributed by atoms with van der Waals surface area (Å²) in [6.45, 7) is 4.29. The van der Waals surface area contributed by atoms with E-state index in [9.17, 15) is 14.9 Å². The first-order chi connectivity index (χ1) is 12.0. The number of fused-ring (bicyclic) bond motifs is 1. The first kappa shape index (κ1) is 16.7. The van der Waals surface area contributed by atoms with Crippen LogP contribution in [0.15, 0.2) is 48.5 Å². The molecular formula is C19H19N3O3. The molecule has 0 radical (unpaired) electrons. The molecule has 128 valence electrons. The number of non-ortho nitro benzene ring substituents is 1. The van der Waals surface area contributed by atoms with Crippen molar-refractivity contribution in [1.82, 2.24) is 4.98 Å². The lowest BCUT2D eigenvalue weighted by Crippen LogP contribution is -2.12. The third-order valence-corrected chi connectivity index (χ3v) is 4.43. The Morgan fingerprint density at radius 1 is 1.24 bits per heavy atom. The van der Waals surface area contributed by atoms with Crippen LogP contribution in [0.5, 0.6) is 0 Å². The van der Waals surface area contributed by atoms with Gasteiger partial charge in [0, 0.05) is 17.1 Å². The standard InChI is InChI=1S/C19H19N3O3/c1-3-12(2)13-7-9-15(10-8-13)20-19(23)16-11-14-5-4-6-17(22(24)25)18(14)21-16/h4-12,21H,3H2,1-2H3,(H,20,23). The highest BCUT2D eigenvalue weighted by molar-refractivity contribution is 6.06. The minimum absolute atomic E-state index is 0.0468. The van der Waals surface area contributed by atoms with Gasteiger partial charge >= 0.3 is 0 Å². The van der Waals surface area contributed by atoms with Gasteiger partial charge in [-0.3, -0.25) is 14.9 Å². The fourth-order valence-electron chi connectivity index (χ4n) is 2.74. The molecule has 0 spiro atoms. The van der Waals surface area contributed by atoms with Crippen molar-refractivity contribution in [2.45, 2.75) is 26.2 Å². The van der Waals surface area contributed by atoms with Crippen LogP contribution in [0.25, 0.3) is 10.9 Å². The Kier molecular flexibility index (Phi) is 4.52. The summed E-state index contributed by atoms with van der Waals surface area (Å²) in [6.07, 6.45) is 1.06. The van der Waals surface area contributed by atoms with E-state index in [4.69, 9.17) is 0 Å². The average molecular weight is 337 g/mol. The summed E-state index contributed by atoms with van der Waals surface area (Å²) in [5.41, 5.74) is 2.50. The minimum Gasteiger partial charge on any atom is -0.345 e. The number of hydrogen-bond donors (Lipinski definition) is 2. The molecule has 3 aromatic rings. The van der Waals surface area contributed by atoms with E-state index in [1.807, 2.05) is 24.3 Å². The van der Waals surface area contributed by atoms with Gasteiger partial charge in [-0.2, -0.15) is 0 Å². The zero-order chi connectivity index (χ0) is 18.0. The zero-order valence-electron chi connectivity index (χ0n) is 14.1. The third kappa shape index (κ3) is 3.38. The Hall–Kier alpha value is -3.15. The molecule has 25 heavy (non-hydrogen) atoms. The van der Waals surface area contributed by atoms with E-state index in [0.717, 1.165) is 6.42 Å². The number of aromatic amines is 1. The molecular weight excluding hydrogens is 318 g/mol. The summed E-state index contributed by atoms with van der Waals surface area (Å²) in [6, 6.07) is 14.1. The Morgan fingerprint density at radius 3 is 2.60 bits per heavy atom. The molecule has 0 aliphatic rings. The van der Waals surface area contributed by atoms with E-state index in [0.29, 0.717) is 22.5 Å². The lowest BCUT2D eigenvalue weighted by atomic mass is 9.99. The molecule has 3 rings (SSSR count). The Morgan fingerprint density at radius 2 is 1.96 bits per heavy atom. The summed E-state index contributed by atoms with van der Waals surface area (Å²) < 4.78 is 0. The summed E-state index contributed by atoms with van der Waals surface area (Å²) in [4.78, 5) is 25.9. The van der Waals surface area contributed by atoms with Crippen LogP contribution >= 0.6 is 0 Å². The number of carbonyl (C=O) groups excluding carboxylic acids is 1. The van der Waals surface area contributed by atoms with Crippen molar-refractivity contribution >= 4 is 28.2 Å². The second kappa shape index (κ2) is 6.76. The lowest BCUT2D eigenvalue weighted by Gasteiger charge is -2.10. The van der Waals surface area contributed by atoms with Gasteiger partial charge in [-0.15, -0.1) is 0 Å². The number of nitrogens with one attached hydrogen (secondary N) is 2. The van der Waals surface area contributed by atoms with Gasteiger partial charge in [0.2, 0.25) is 0 Å². The smallest absolute Gasteiger partial charge is 0.293 e. The van der Waals surface area contributed by atoms with Crippen molar-refractivity contribution in [3.63, 3.8) is 0 Å². The lowest BCUT2D eigenvalue weighted by molar-refractivity contribution is -0.383. The van der Waals surface area contributed by atoms with Gasteiger partial charge < -0.3 is 10.3 Å². The van der Waals surface area contributed by atoms with Crippen LogP contribution in [0, 0.1) is 10.1 Å². The average Bonchev–Trinajstić information content (AvgIpc) is 3.05. The van der Waals surface area contributed by atoms with E-state index in [1.165, 1.54) is 11.6 Å². The van der Waals surface area contributed by atoms with Crippen LogP contribution in [0.2, 0.25) is 0 Å². The molecule has 2 N–H and O–H groups in total. The van der Waals surface area contributed by atoms with Crippen LogP contribution in [-0.2, 0) is 0 Å². The van der Waals surface area contributed by atoms with E-state index >= 15 is 0 Å². The molecule has 0 saturated heterocycles. The van der Waals surface area contributed by atoms with Crippen molar-refractivity contribution in [2.24, 2.45) is 0 Å². The number of nitrogens with zero attached hydrogens (tertiary/aromatic N) is 1. The molecule has 6 heteroatoms. The number of carbonyl (C=O) groups is 1. The van der Waals surface area contributed by atoms with Crippen molar-refractivity contribution in [2.75, 3.05) is 5.32 Å². The number of benzene rings is 2. The largest absolute Gasteiger partial charge is 0.345 e. The predicted octanol–water partition coefficient (Wildman–Crippen LogP) is 4.84. The maximum atomic E-state index is 12.4. The number of H-pyrrole nitrogens is 1. The molecule has 0 bridgehead atoms. The van der Waals surface area contributed by atoms with Gasteiger partial charge in [-0.1, -0.05) is 38.1 Å². The van der Waals surface area contributed by atoms with Gasteiger partial charge in [0.25, 0.3) is 11.6 Å². The minimum atomic E-state index is -0.464. The number of nitro groups is 1. The second-order valence-electron chi connectivity index (χ2n) is 6.07. The number of amides is 1. The van der Waals surface area contributed by atoms with Crippen LogP contribution in [-0.4, -0.2) is 15.8 Å². The predicted molar refractivity (Wildman–Crippen MR) is 98.1 cm³/mol. The van der Waals surface area contributed by atoms with Crippen molar-refractivity contribution in [3.05, 3.63) is 69.9 Å². The van der Waals surface area contributed by atoms with Gasteiger partial charge in [0.1, 0.15) is 11.2 Å². The van der Waals surface area contributed by atoms with Crippen LogP contribution in [0.4, 0.5) is 11.4 Å². The quantitative estimate of drug-likeness (QED) is 0.515. The Bertz CT molecular complexity index is 929. The number of hydrogen-bond acceptors (Lipinski definition) is 3. The van der Waals surface area contributed by atoms with Crippen LogP contribution in [0.1, 0.15) is 42.2 Å². The molecule has 0 aliphatic carbocycles. The monoisotopic (exact) mass is 337 g/mol. The second-order valence-corrected chi connectivity index (χ2v) is 6.07.